The summed E-state index contributed by atoms with van der Waals surface area (Å²) in [4.78, 5) is 23.1. The molecule has 0 N–H and O–H groups in total. The molecule has 0 radical (unpaired) electrons. The molecule has 0 aromatic heterocycles. The van der Waals surface area contributed by atoms with Crippen LogP contribution < -0.4 is 9.47 Å². The molecule has 0 amide bonds. The highest BCUT2D eigenvalue weighted by Gasteiger charge is 2.30. The minimum atomic E-state index is -0.393. The number of hydrogen-bond donors (Lipinski definition) is 0. The number of esters is 1. The van der Waals surface area contributed by atoms with Gasteiger partial charge in [-0.15, -0.1) is 0 Å². The van der Waals surface area contributed by atoms with Gasteiger partial charge in [-0.3, -0.25) is 9.59 Å². The Morgan fingerprint density at radius 1 is 1.28 bits per heavy atom. The number of methoxy groups -OCH3 is 2. The summed E-state index contributed by atoms with van der Waals surface area (Å²) >= 11 is 0. The minimum absolute atomic E-state index is 0.109. The molecular formula is C13H14O5. The fourth-order valence-electron chi connectivity index (χ4n) is 1.91. The lowest BCUT2D eigenvalue weighted by molar-refractivity contribution is -0.137. The second-order valence-electron chi connectivity index (χ2n) is 4.02. The van der Waals surface area contributed by atoms with Gasteiger partial charge in [0.05, 0.1) is 26.6 Å². The fourth-order valence-corrected chi connectivity index (χ4v) is 1.91. The molecule has 1 atom stereocenters. The highest BCUT2D eigenvalue weighted by Crippen LogP contribution is 2.29. The summed E-state index contributed by atoms with van der Waals surface area (Å²) in [6, 6.07) is 4.94. The van der Waals surface area contributed by atoms with E-state index in [9.17, 15) is 9.59 Å². The van der Waals surface area contributed by atoms with Gasteiger partial charge in [-0.1, -0.05) is 0 Å². The van der Waals surface area contributed by atoms with E-state index >= 15 is 0 Å². The third kappa shape index (κ3) is 2.30. The van der Waals surface area contributed by atoms with Crippen LogP contribution in [0.2, 0.25) is 0 Å². The van der Waals surface area contributed by atoms with Gasteiger partial charge in [0, 0.05) is 5.56 Å². The van der Waals surface area contributed by atoms with Crippen molar-refractivity contribution in [1.29, 1.82) is 0 Å². The largest absolute Gasteiger partial charge is 0.493 e. The second kappa shape index (κ2) is 5.08. The van der Waals surface area contributed by atoms with Gasteiger partial charge in [-0.2, -0.15) is 0 Å². The lowest BCUT2D eigenvalue weighted by Gasteiger charge is -2.10. The van der Waals surface area contributed by atoms with E-state index in [-0.39, 0.29) is 24.8 Å². The number of cyclic esters (lactones) is 1. The Kier molecular flexibility index (Phi) is 3.50. The average Bonchev–Trinajstić information content (AvgIpc) is 2.83. The van der Waals surface area contributed by atoms with Gasteiger partial charge in [0.25, 0.3) is 0 Å². The summed E-state index contributed by atoms with van der Waals surface area (Å²) in [6.07, 6.45) is 0.146. The summed E-state index contributed by atoms with van der Waals surface area (Å²) in [5.41, 5.74) is 0.496. The third-order valence-electron chi connectivity index (χ3n) is 2.90. The van der Waals surface area contributed by atoms with Crippen molar-refractivity contribution >= 4 is 11.8 Å². The summed E-state index contributed by atoms with van der Waals surface area (Å²) in [5, 5.41) is 0. The molecule has 0 aliphatic carbocycles. The second-order valence-corrected chi connectivity index (χ2v) is 4.02. The van der Waals surface area contributed by atoms with E-state index in [0.717, 1.165) is 0 Å². The number of ketones is 1. The van der Waals surface area contributed by atoms with E-state index in [1.807, 2.05) is 0 Å². The number of rotatable bonds is 4. The average molecular weight is 250 g/mol. The molecule has 1 heterocycles. The van der Waals surface area contributed by atoms with Gasteiger partial charge in [0.2, 0.25) is 0 Å². The molecule has 0 unspecified atom stereocenters. The molecule has 1 fully saturated rings. The van der Waals surface area contributed by atoms with Crippen LogP contribution in [0.25, 0.3) is 0 Å². The molecule has 0 bridgehead atoms. The first-order chi connectivity index (χ1) is 8.65. The predicted octanol–water partition coefficient (Wildman–Crippen LogP) is 1.45. The van der Waals surface area contributed by atoms with E-state index < -0.39 is 5.92 Å². The number of carbonyl (C=O) groups is 2. The van der Waals surface area contributed by atoms with Crippen LogP contribution in [-0.4, -0.2) is 32.6 Å². The number of ether oxygens (including phenoxy) is 3. The smallest absolute Gasteiger partial charge is 0.306 e. The van der Waals surface area contributed by atoms with Gasteiger partial charge in [-0.05, 0) is 18.2 Å². The SMILES string of the molecule is COc1ccc(C(=O)[C@H]2COC(=O)C2)cc1OC. The first-order valence-corrected chi connectivity index (χ1v) is 5.57. The zero-order valence-corrected chi connectivity index (χ0v) is 10.3. The molecule has 5 heteroatoms. The van der Waals surface area contributed by atoms with Crippen molar-refractivity contribution in [2.24, 2.45) is 5.92 Å². The molecule has 96 valence electrons. The quantitative estimate of drug-likeness (QED) is 0.598. The normalized spacial score (nSPS) is 18.3. The summed E-state index contributed by atoms with van der Waals surface area (Å²) in [7, 11) is 3.04. The Balaban J connectivity index is 2.23. The molecule has 2 rings (SSSR count). The Morgan fingerprint density at radius 2 is 2.00 bits per heavy atom. The maximum absolute atomic E-state index is 12.1. The van der Waals surface area contributed by atoms with E-state index in [4.69, 9.17) is 14.2 Å². The van der Waals surface area contributed by atoms with Crippen LogP contribution in [0, 0.1) is 5.92 Å². The molecule has 18 heavy (non-hydrogen) atoms. The fraction of sp³-hybridized carbons (Fsp3) is 0.385. The molecular weight excluding hydrogens is 236 g/mol. The van der Waals surface area contributed by atoms with Crippen molar-refractivity contribution in [3.63, 3.8) is 0 Å². The third-order valence-corrected chi connectivity index (χ3v) is 2.90. The molecule has 1 aliphatic rings. The standard InChI is InChI=1S/C13H14O5/c1-16-10-4-3-8(5-11(10)17-2)13(15)9-6-12(14)18-7-9/h3-5,9H,6-7H2,1-2H3/t9-/m1/s1. The van der Waals surface area contributed by atoms with Crippen molar-refractivity contribution in [2.75, 3.05) is 20.8 Å². The topological polar surface area (TPSA) is 61.8 Å². The maximum atomic E-state index is 12.1. The number of hydrogen-bond acceptors (Lipinski definition) is 5. The zero-order chi connectivity index (χ0) is 13.1. The lowest BCUT2D eigenvalue weighted by atomic mass is 9.96. The van der Waals surface area contributed by atoms with Crippen molar-refractivity contribution in [3.8, 4) is 11.5 Å². The molecule has 1 aliphatic heterocycles. The molecule has 1 aromatic carbocycles. The maximum Gasteiger partial charge on any atom is 0.306 e. The van der Waals surface area contributed by atoms with Crippen LogP contribution in [0.15, 0.2) is 18.2 Å². The first kappa shape index (κ1) is 12.4. The van der Waals surface area contributed by atoms with Gasteiger partial charge >= 0.3 is 5.97 Å². The van der Waals surface area contributed by atoms with Gasteiger partial charge in [0.1, 0.15) is 6.61 Å². The molecule has 5 nitrogen and oxygen atoms in total. The van der Waals surface area contributed by atoms with E-state index in [1.54, 1.807) is 18.2 Å². The molecule has 1 saturated heterocycles. The van der Waals surface area contributed by atoms with Crippen LogP contribution in [0.4, 0.5) is 0 Å². The Labute approximate surface area is 105 Å². The van der Waals surface area contributed by atoms with Crippen molar-refractivity contribution in [2.45, 2.75) is 6.42 Å². The Morgan fingerprint density at radius 3 is 2.56 bits per heavy atom. The van der Waals surface area contributed by atoms with E-state index in [1.165, 1.54) is 14.2 Å². The van der Waals surface area contributed by atoms with Crippen LogP contribution in [0.3, 0.4) is 0 Å². The minimum Gasteiger partial charge on any atom is -0.493 e. The monoisotopic (exact) mass is 250 g/mol. The van der Waals surface area contributed by atoms with Crippen molar-refractivity contribution in [3.05, 3.63) is 23.8 Å². The number of Topliss-reactive ketones (excluding diaryl/α,β-unsaturated/α-hetero) is 1. The summed E-state index contributed by atoms with van der Waals surface area (Å²) < 4.78 is 15.0. The Hall–Kier alpha value is -2.04. The van der Waals surface area contributed by atoms with Crippen LogP contribution >= 0.6 is 0 Å². The zero-order valence-electron chi connectivity index (χ0n) is 10.3. The van der Waals surface area contributed by atoms with Crippen LogP contribution in [0.5, 0.6) is 11.5 Å². The van der Waals surface area contributed by atoms with Crippen LogP contribution in [0.1, 0.15) is 16.8 Å². The highest BCUT2D eigenvalue weighted by molar-refractivity contribution is 6.01. The number of benzene rings is 1. The number of carbonyl (C=O) groups excluding carboxylic acids is 2. The lowest BCUT2D eigenvalue weighted by Crippen LogP contribution is -2.14. The van der Waals surface area contributed by atoms with Crippen molar-refractivity contribution < 1.29 is 23.8 Å². The van der Waals surface area contributed by atoms with Gasteiger partial charge in [-0.25, -0.2) is 0 Å². The predicted molar refractivity (Wildman–Crippen MR) is 62.9 cm³/mol. The van der Waals surface area contributed by atoms with Gasteiger partial charge < -0.3 is 14.2 Å². The molecule has 0 spiro atoms. The molecule has 1 aromatic rings. The Bertz CT molecular complexity index is 480. The summed E-state index contributed by atoms with van der Waals surface area (Å²) in [6.45, 7) is 0.159. The molecule has 0 saturated carbocycles. The summed E-state index contributed by atoms with van der Waals surface area (Å²) in [5.74, 6) is 0.229. The first-order valence-electron chi connectivity index (χ1n) is 5.57. The van der Waals surface area contributed by atoms with Gasteiger partial charge in [0.15, 0.2) is 17.3 Å². The van der Waals surface area contributed by atoms with E-state index in [0.29, 0.717) is 17.1 Å². The highest BCUT2D eigenvalue weighted by atomic mass is 16.5. The van der Waals surface area contributed by atoms with E-state index in [2.05, 4.69) is 0 Å². The van der Waals surface area contributed by atoms with Crippen molar-refractivity contribution in [1.82, 2.24) is 0 Å². The van der Waals surface area contributed by atoms with Crippen LogP contribution in [-0.2, 0) is 9.53 Å².